The Balaban J connectivity index is 2.15. The van der Waals surface area contributed by atoms with Crippen molar-refractivity contribution in [2.24, 2.45) is 5.73 Å². The van der Waals surface area contributed by atoms with Gasteiger partial charge in [0.15, 0.2) is 18.3 Å². The van der Waals surface area contributed by atoms with Crippen LogP contribution in [0.25, 0.3) is 11.1 Å². The number of quaternary nitrogens is 1. The highest BCUT2D eigenvalue weighted by atomic mass is 35.5. The van der Waals surface area contributed by atoms with Gasteiger partial charge in [0.2, 0.25) is 0 Å². The van der Waals surface area contributed by atoms with Crippen LogP contribution in [0.4, 0.5) is 5.69 Å². The van der Waals surface area contributed by atoms with Crippen molar-refractivity contribution >= 4 is 23.2 Å². The molecule has 24 heavy (non-hydrogen) atoms. The molecule has 2 atom stereocenters. The van der Waals surface area contributed by atoms with Crippen molar-refractivity contribution < 1.29 is 4.79 Å². The molecule has 3 rings (SSSR count). The number of nitrogens with two attached hydrogens (primary N) is 1. The zero-order valence-electron chi connectivity index (χ0n) is 13.3. The van der Waals surface area contributed by atoms with E-state index in [-0.39, 0.29) is 16.9 Å². The second-order valence-electron chi connectivity index (χ2n) is 6.17. The normalized spacial score (nSPS) is 22.9. The molecule has 1 amide bonds. The fourth-order valence-electron chi connectivity index (χ4n) is 3.71. The summed E-state index contributed by atoms with van der Waals surface area (Å²) >= 11 is 6.48. The number of hydrogen-bond acceptors (Lipinski definition) is 2. The molecule has 1 aliphatic heterocycles. The summed E-state index contributed by atoms with van der Waals surface area (Å²) in [7, 11) is 0. The van der Waals surface area contributed by atoms with Crippen LogP contribution in [0.15, 0.2) is 48.5 Å². The van der Waals surface area contributed by atoms with Crippen LogP contribution in [-0.2, 0) is 4.79 Å². The van der Waals surface area contributed by atoms with Gasteiger partial charge in [-0.05, 0) is 17.2 Å². The van der Waals surface area contributed by atoms with E-state index in [4.69, 9.17) is 17.3 Å². The van der Waals surface area contributed by atoms with E-state index in [1.807, 2.05) is 48.5 Å². The van der Waals surface area contributed by atoms with E-state index in [2.05, 4.69) is 6.07 Å². The Morgan fingerprint density at radius 1 is 1.25 bits per heavy atom. The zero-order chi connectivity index (χ0) is 17.2. The van der Waals surface area contributed by atoms with Gasteiger partial charge in [0.1, 0.15) is 11.1 Å². The number of likely N-dealkylation sites (tertiary alicyclic amines) is 1. The second-order valence-corrected chi connectivity index (χ2v) is 6.57. The Labute approximate surface area is 146 Å². The summed E-state index contributed by atoms with van der Waals surface area (Å²) in [6.45, 7) is 0.880. The number of nitrogens with zero attached hydrogens (tertiary/aromatic N) is 2. The van der Waals surface area contributed by atoms with E-state index < -0.39 is 6.04 Å². The van der Waals surface area contributed by atoms with Gasteiger partial charge in [0.25, 0.3) is 5.91 Å². The van der Waals surface area contributed by atoms with Crippen LogP contribution in [0, 0.1) is 11.3 Å². The Morgan fingerprint density at radius 2 is 2.00 bits per heavy atom. The van der Waals surface area contributed by atoms with Gasteiger partial charge in [0, 0.05) is 18.9 Å². The van der Waals surface area contributed by atoms with Crippen molar-refractivity contribution in [1.82, 2.24) is 4.48 Å². The number of rotatable bonds is 4. The topological polar surface area (TPSA) is 66.9 Å². The third kappa shape index (κ3) is 2.77. The Bertz CT molecular complexity index is 800. The number of amides is 1. The quantitative estimate of drug-likeness (QED) is 0.684. The maximum Gasteiger partial charge on any atom is 0.276 e. The van der Waals surface area contributed by atoms with Crippen molar-refractivity contribution in [3.8, 4) is 17.2 Å². The van der Waals surface area contributed by atoms with E-state index in [0.29, 0.717) is 18.0 Å². The predicted octanol–water partition coefficient (Wildman–Crippen LogP) is 3.49. The van der Waals surface area contributed by atoms with Crippen LogP contribution in [0.3, 0.4) is 0 Å². The third-order valence-corrected chi connectivity index (χ3v) is 5.17. The molecular weight excluding hydrogens is 322 g/mol. The first-order valence-electron chi connectivity index (χ1n) is 7.97. The van der Waals surface area contributed by atoms with E-state index >= 15 is 0 Å². The summed E-state index contributed by atoms with van der Waals surface area (Å²) in [4.78, 5) is 12.0. The number of hydrogen-bond donors (Lipinski definition) is 1. The lowest BCUT2D eigenvalue weighted by Crippen LogP contribution is -2.58. The first-order valence-corrected chi connectivity index (χ1v) is 8.35. The van der Waals surface area contributed by atoms with Crippen LogP contribution in [0.5, 0.6) is 0 Å². The minimum atomic E-state index is -0.409. The van der Waals surface area contributed by atoms with Gasteiger partial charge in [-0.25, -0.2) is 0 Å². The molecular formula is C19H19ClN3O+. The predicted molar refractivity (Wildman–Crippen MR) is 96.2 cm³/mol. The summed E-state index contributed by atoms with van der Waals surface area (Å²) in [6.07, 6.45) is 1.53. The molecule has 1 fully saturated rings. The molecule has 122 valence electrons. The van der Waals surface area contributed by atoms with Crippen LogP contribution in [-0.4, -0.2) is 25.0 Å². The Kier molecular flexibility index (Phi) is 4.57. The molecule has 1 unspecified atom stereocenters. The summed E-state index contributed by atoms with van der Waals surface area (Å²) < 4.78 is 0.228. The molecule has 2 aromatic rings. The van der Waals surface area contributed by atoms with Gasteiger partial charge in [-0.2, -0.15) is 5.26 Å². The summed E-state index contributed by atoms with van der Waals surface area (Å²) in [6, 6.07) is 17.6. The molecule has 5 heteroatoms. The average Bonchev–Trinajstić information content (AvgIpc) is 3.01. The van der Waals surface area contributed by atoms with E-state index in [9.17, 15) is 10.1 Å². The maximum absolute atomic E-state index is 12.0. The lowest BCUT2D eigenvalue weighted by atomic mass is 10.0. The molecule has 1 heterocycles. The van der Waals surface area contributed by atoms with Crippen LogP contribution in [0.1, 0.15) is 12.8 Å². The molecule has 0 spiro atoms. The summed E-state index contributed by atoms with van der Waals surface area (Å²) in [5.41, 5.74) is 8.52. The molecule has 1 aliphatic rings. The molecule has 2 N–H and O–H groups in total. The SMILES string of the molecule is N#CC[N+]1(c2cc(-c3ccccc3)ccc2Cl)CCC[C@@H]1C(N)=O. The molecule has 0 radical (unpaired) electrons. The van der Waals surface area contributed by atoms with Crippen molar-refractivity contribution in [3.63, 3.8) is 0 Å². The Hall–Kier alpha value is -2.35. The Morgan fingerprint density at radius 3 is 2.67 bits per heavy atom. The number of carbonyl (C=O) groups is 1. The standard InChI is InChI=1S/C19H18ClN3O/c20-16-9-8-15(14-5-2-1-3-6-14)13-18(16)23(12-10-21)11-4-7-17(23)19(22)24/h1-3,5-6,8-9,13,17H,4,7,11-12H2,(H-,22,24)/p+1/t17-,23?/m1/s1. The van der Waals surface area contributed by atoms with Gasteiger partial charge >= 0.3 is 0 Å². The number of primary amides is 1. The van der Waals surface area contributed by atoms with Crippen LogP contribution in [0.2, 0.25) is 5.02 Å². The fourth-order valence-corrected chi connectivity index (χ4v) is 3.99. The van der Waals surface area contributed by atoms with Gasteiger partial charge in [-0.15, -0.1) is 0 Å². The summed E-state index contributed by atoms with van der Waals surface area (Å²) in [5, 5.41) is 9.94. The first kappa shape index (κ1) is 16.5. The lowest BCUT2D eigenvalue weighted by Gasteiger charge is -2.36. The molecule has 4 nitrogen and oxygen atoms in total. The molecule has 0 bridgehead atoms. The van der Waals surface area contributed by atoms with Crippen molar-refractivity contribution in [2.45, 2.75) is 18.9 Å². The maximum atomic E-state index is 12.0. The molecule has 1 saturated heterocycles. The fraction of sp³-hybridized carbons (Fsp3) is 0.263. The van der Waals surface area contributed by atoms with Gasteiger partial charge in [0.05, 0.1) is 6.54 Å². The highest BCUT2D eigenvalue weighted by molar-refractivity contribution is 6.33. The minimum Gasteiger partial charge on any atom is -0.364 e. The van der Waals surface area contributed by atoms with Crippen molar-refractivity contribution in [2.75, 3.05) is 13.1 Å². The molecule has 2 aromatic carbocycles. The molecule has 0 saturated carbocycles. The number of nitriles is 1. The zero-order valence-corrected chi connectivity index (χ0v) is 14.0. The second kappa shape index (κ2) is 6.64. The monoisotopic (exact) mass is 340 g/mol. The van der Waals surface area contributed by atoms with Crippen molar-refractivity contribution in [3.05, 3.63) is 53.6 Å². The third-order valence-electron chi connectivity index (χ3n) is 4.85. The first-order chi connectivity index (χ1) is 11.6. The molecule has 0 aliphatic carbocycles. The summed E-state index contributed by atoms with van der Waals surface area (Å²) in [5.74, 6) is -0.371. The number of benzene rings is 2. The highest BCUT2D eigenvalue weighted by Crippen LogP contribution is 2.41. The van der Waals surface area contributed by atoms with Crippen molar-refractivity contribution in [1.29, 1.82) is 5.26 Å². The van der Waals surface area contributed by atoms with Gasteiger partial charge < -0.3 is 5.73 Å². The van der Waals surface area contributed by atoms with Crippen LogP contribution >= 0.6 is 11.6 Å². The van der Waals surface area contributed by atoms with Gasteiger partial charge in [-0.1, -0.05) is 48.0 Å². The minimum absolute atomic E-state index is 0.186. The molecule has 0 aromatic heterocycles. The van der Waals surface area contributed by atoms with E-state index in [1.54, 1.807) is 0 Å². The number of carbonyl (C=O) groups excluding carboxylic acids is 1. The highest BCUT2D eigenvalue weighted by Gasteiger charge is 2.48. The largest absolute Gasteiger partial charge is 0.364 e. The lowest BCUT2D eigenvalue weighted by molar-refractivity contribution is -0.121. The van der Waals surface area contributed by atoms with Crippen LogP contribution < -0.4 is 10.2 Å². The van der Waals surface area contributed by atoms with Gasteiger partial charge in [-0.3, -0.25) is 9.28 Å². The smallest absolute Gasteiger partial charge is 0.276 e. The number of halogens is 1. The average molecular weight is 341 g/mol. The van der Waals surface area contributed by atoms with E-state index in [1.165, 1.54) is 0 Å². The van der Waals surface area contributed by atoms with E-state index in [0.717, 1.165) is 23.2 Å².